The Kier molecular flexibility index (Phi) is 8.39. The summed E-state index contributed by atoms with van der Waals surface area (Å²) in [5.41, 5.74) is 11.4. The Hall–Kier alpha value is -5.15. The van der Waals surface area contributed by atoms with Crippen molar-refractivity contribution in [1.29, 1.82) is 0 Å². The van der Waals surface area contributed by atoms with Crippen molar-refractivity contribution in [3.8, 4) is 22.3 Å². The highest BCUT2D eigenvalue weighted by atomic mass is 16.4. The number of rotatable bonds is 11. The summed E-state index contributed by atoms with van der Waals surface area (Å²) in [5.74, 6) is -0.913. The van der Waals surface area contributed by atoms with Crippen LogP contribution in [0.2, 0.25) is 0 Å². The Morgan fingerprint density at radius 3 is 1.91 bits per heavy atom. The van der Waals surface area contributed by atoms with E-state index in [-0.39, 0.29) is 5.41 Å². The fourth-order valence-corrected chi connectivity index (χ4v) is 7.64. The van der Waals surface area contributed by atoms with Crippen molar-refractivity contribution in [2.75, 3.05) is 4.90 Å². The van der Waals surface area contributed by atoms with E-state index in [9.17, 15) is 9.90 Å². The highest BCUT2D eigenvalue weighted by molar-refractivity contribution is 5.99. The van der Waals surface area contributed by atoms with Gasteiger partial charge in [-0.25, -0.2) is 4.79 Å². The average Bonchev–Trinajstić information content (AvgIpc) is 3.39. The maximum absolute atomic E-state index is 11.4. The van der Waals surface area contributed by atoms with Crippen LogP contribution in [0.3, 0.4) is 0 Å². The van der Waals surface area contributed by atoms with Crippen LogP contribution in [0.15, 0.2) is 133 Å². The average molecular weight is 616 g/mol. The maximum atomic E-state index is 11.4. The Morgan fingerprint density at radius 2 is 1.21 bits per heavy atom. The van der Waals surface area contributed by atoms with Crippen LogP contribution in [0, 0.1) is 0 Å². The molecule has 234 valence electrons. The van der Waals surface area contributed by atoms with Gasteiger partial charge in [-0.2, -0.15) is 0 Å². The van der Waals surface area contributed by atoms with Gasteiger partial charge >= 0.3 is 5.97 Å². The molecule has 0 bridgehead atoms. The number of aromatic carboxylic acids is 1. The molecule has 3 heteroatoms. The van der Waals surface area contributed by atoms with Crippen molar-refractivity contribution < 1.29 is 9.90 Å². The quantitative estimate of drug-likeness (QED) is 0.158. The SMILES string of the molecule is CCCCC1(CCCC)c2ccccc2-c2ccc(N(c3ccc(-c4ccc(C(=O)O)cc4)cc3)c3cccc4ccccc34)cc21. The van der Waals surface area contributed by atoms with Crippen molar-refractivity contribution in [2.45, 2.75) is 57.8 Å². The second kappa shape index (κ2) is 12.9. The van der Waals surface area contributed by atoms with Crippen LogP contribution >= 0.6 is 0 Å². The van der Waals surface area contributed by atoms with Crippen LogP contribution in [0.4, 0.5) is 17.1 Å². The number of carboxylic acid groups (broad SMARTS) is 1. The van der Waals surface area contributed by atoms with Gasteiger partial charge in [0.25, 0.3) is 0 Å². The molecular weight excluding hydrogens is 574 g/mol. The predicted octanol–water partition coefficient (Wildman–Crippen LogP) is 12.3. The van der Waals surface area contributed by atoms with E-state index in [4.69, 9.17) is 0 Å². The van der Waals surface area contributed by atoms with E-state index >= 15 is 0 Å². The summed E-state index contributed by atoms with van der Waals surface area (Å²) in [5, 5.41) is 11.8. The first-order chi connectivity index (χ1) is 23.0. The van der Waals surface area contributed by atoms with E-state index in [1.165, 1.54) is 58.7 Å². The molecule has 6 aromatic carbocycles. The van der Waals surface area contributed by atoms with Crippen LogP contribution in [0.1, 0.15) is 73.9 Å². The summed E-state index contributed by atoms with van der Waals surface area (Å²) in [6, 6.07) is 47.2. The second-order valence-corrected chi connectivity index (χ2v) is 12.8. The predicted molar refractivity (Wildman–Crippen MR) is 196 cm³/mol. The molecule has 0 spiro atoms. The van der Waals surface area contributed by atoms with Gasteiger partial charge in [0.1, 0.15) is 0 Å². The van der Waals surface area contributed by atoms with E-state index in [1.807, 2.05) is 12.1 Å². The summed E-state index contributed by atoms with van der Waals surface area (Å²) in [7, 11) is 0. The minimum atomic E-state index is -0.913. The van der Waals surface area contributed by atoms with Gasteiger partial charge in [0, 0.05) is 22.2 Å². The third-order valence-electron chi connectivity index (χ3n) is 10.0. The monoisotopic (exact) mass is 615 g/mol. The highest BCUT2D eigenvalue weighted by Crippen LogP contribution is 2.55. The van der Waals surface area contributed by atoms with E-state index in [0.29, 0.717) is 5.56 Å². The first kappa shape index (κ1) is 30.5. The van der Waals surface area contributed by atoms with Gasteiger partial charge < -0.3 is 10.0 Å². The van der Waals surface area contributed by atoms with Crippen molar-refractivity contribution in [2.24, 2.45) is 0 Å². The van der Waals surface area contributed by atoms with E-state index < -0.39 is 5.97 Å². The standard InChI is InChI=1S/C44H41NO2/c1-3-5-28-44(29-6-4-2)40-16-10-9-15-38(40)39-27-26-36(30-41(39)44)45(42-17-11-13-33-12-7-8-14-37(33)42)35-24-22-32(23-25-35)31-18-20-34(21-19-31)43(46)47/h7-27,30H,3-6,28-29H2,1-2H3,(H,46,47). The fraction of sp³-hybridized carbons (Fsp3) is 0.205. The van der Waals surface area contributed by atoms with Gasteiger partial charge in [0.2, 0.25) is 0 Å². The smallest absolute Gasteiger partial charge is 0.335 e. The Balaban J connectivity index is 1.39. The molecular formula is C44H41NO2. The number of hydrogen-bond acceptors (Lipinski definition) is 2. The van der Waals surface area contributed by atoms with Crippen LogP contribution in [0.25, 0.3) is 33.0 Å². The van der Waals surface area contributed by atoms with Crippen molar-refractivity contribution in [3.05, 3.63) is 150 Å². The lowest BCUT2D eigenvalue weighted by Crippen LogP contribution is -2.25. The topological polar surface area (TPSA) is 40.5 Å². The highest BCUT2D eigenvalue weighted by Gasteiger charge is 2.42. The molecule has 0 radical (unpaired) electrons. The molecule has 0 saturated carbocycles. The summed E-state index contributed by atoms with van der Waals surface area (Å²) in [4.78, 5) is 13.8. The summed E-state index contributed by atoms with van der Waals surface area (Å²) in [6.07, 6.45) is 7.06. The Morgan fingerprint density at radius 1 is 0.617 bits per heavy atom. The van der Waals surface area contributed by atoms with Crippen molar-refractivity contribution in [3.63, 3.8) is 0 Å². The van der Waals surface area contributed by atoms with E-state index in [1.54, 1.807) is 12.1 Å². The zero-order chi connectivity index (χ0) is 32.4. The zero-order valence-corrected chi connectivity index (χ0v) is 27.2. The van der Waals surface area contributed by atoms with Gasteiger partial charge in [-0.3, -0.25) is 0 Å². The fourth-order valence-electron chi connectivity index (χ4n) is 7.64. The number of unbranched alkanes of at least 4 members (excludes halogenated alkanes) is 2. The first-order valence-corrected chi connectivity index (χ1v) is 17.0. The number of benzene rings is 6. The number of nitrogens with zero attached hydrogens (tertiary/aromatic N) is 1. The summed E-state index contributed by atoms with van der Waals surface area (Å²) in [6.45, 7) is 4.61. The second-order valence-electron chi connectivity index (χ2n) is 12.8. The van der Waals surface area contributed by atoms with Crippen LogP contribution in [-0.4, -0.2) is 11.1 Å². The van der Waals surface area contributed by atoms with Crippen molar-refractivity contribution in [1.82, 2.24) is 0 Å². The first-order valence-electron chi connectivity index (χ1n) is 17.0. The molecule has 3 nitrogen and oxygen atoms in total. The summed E-state index contributed by atoms with van der Waals surface area (Å²) < 4.78 is 0. The largest absolute Gasteiger partial charge is 0.478 e. The van der Waals surface area contributed by atoms with Gasteiger partial charge in [0.15, 0.2) is 0 Å². The molecule has 6 aromatic rings. The number of carboxylic acids is 1. The van der Waals surface area contributed by atoms with Gasteiger partial charge in [-0.05, 0) is 94.1 Å². The maximum Gasteiger partial charge on any atom is 0.335 e. The molecule has 1 aliphatic carbocycles. The molecule has 7 rings (SSSR count). The van der Waals surface area contributed by atoms with Crippen molar-refractivity contribution >= 4 is 33.8 Å². The van der Waals surface area contributed by atoms with Gasteiger partial charge in [-0.1, -0.05) is 131 Å². The van der Waals surface area contributed by atoms with Gasteiger partial charge in [0.05, 0.1) is 11.3 Å². The van der Waals surface area contributed by atoms with Crippen LogP contribution in [0.5, 0.6) is 0 Å². The molecule has 0 aliphatic heterocycles. The van der Waals surface area contributed by atoms with Crippen LogP contribution in [-0.2, 0) is 5.41 Å². The van der Waals surface area contributed by atoms with Crippen LogP contribution < -0.4 is 4.90 Å². The lowest BCUT2D eigenvalue weighted by atomic mass is 9.71. The number of fused-ring (bicyclic) bond motifs is 4. The number of anilines is 3. The third-order valence-corrected chi connectivity index (χ3v) is 10.0. The number of carbonyl (C=O) groups is 1. The Labute approximate surface area is 278 Å². The molecule has 0 fully saturated rings. The normalized spacial score (nSPS) is 12.9. The lowest BCUT2D eigenvalue weighted by molar-refractivity contribution is 0.0697. The molecule has 1 N–H and O–H groups in total. The molecule has 47 heavy (non-hydrogen) atoms. The molecule has 0 aromatic heterocycles. The molecule has 1 aliphatic rings. The summed E-state index contributed by atoms with van der Waals surface area (Å²) >= 11 is 0. The third kappa shape index (κ3) is 5.50. The Bertz CT molecular complexity index is 2030. The lowest BCUT2D eigenvalue weighted by Gasteiger charge is -2.34. The van der Waals surface area contributed by atoms with E-state index in [0.717, 1.165) is 41.0 Å². The zero-order valence-electron chi connectivity index (χ0n) is 27.2. The number of hydrogen-bond donors (Lipinski definition) is 1. The van der Waals surface area contributed by atoms with Gasteiger partial charge in [-0.15, -0.1) is 0 Å². The molecule has 0 unspecified atom stereocenters. The minimum Gasteiger partial charge on any atom is -0.478 e. The molecule has 0 amide bonds. The molecule has 0 heterocycles. The molecule has 0 atom stereocenters. The van der Waals surface area contributed by atoms with E-state index in [2.05, 4.69) is 128 Å². The minimum absolute atomic E-state index is 0.00432. The molecule has 0 saturated heterocycles.